The number of urea groups is 1. The van der Waals surface area contributed by atoms with Crippen molar-refractivity contribution in [1.29, 1.82) is 0 Å². The zero-order chi connectivity index (χ0) is 17.9. The van der Waals surface area contributed by atoms with Crippen molar-refractivity contribution >= 4 is 11.9 Å². The molecule has 0 radical (unpaired) electrons. The number of nitrogens with zero attached hydrogens (tertiary/aromatic N) is 2. The lowest BCUT2D eigenvalue weighted by Gasteiger charge is -2.35. The minimum absolute atomic E-state index is 0.0415. The average Bonchev–Trinajstić information content (AvgIpc) is 3.22. The summed E-state index contributed by atoms with van der Waals surface area (Å²) in [6, 6.07) is 11.1. The van der Waals surface area contributed by atoms with Crippen molar-refractivity contribution in [1.82, 2.24) is 15.1 Å². The Morgan fingerprint density at radius 3 is 2.54 bits per heavy atom. The van der Waals surface area contributed by atoms with Crippen LogP contribution in [0, 0.1) is 0 Å². The highest BCUT2D eigenvalue weighted by Gasteiger charge is 2.28. The van der Waals surface area contributed by atoms with Gasteiger partial charge in [0.1, 0.15) is 12.4 Å². The number of rotatable bonds is 2. The standard InChI is InChI=1S/C19H21N3O4/c23-18(17-6-3-11-25-17)21-7-9-22(10-8-21)19(24)20-15-12-14-4-1-2-5-16(14)26-13-15/h1-6,11,15H,7-10,12-13H2,(H,20,24)/t15-/m0/s1. The van der Waals surface area contributed by atoms with E-state index in [1.807, 2.05) is 24.3 Å². The molecular formula is C19H21N3O4. The van der Waals surface area contributed by atoms with Gasteiger partial charge in [0.05, 0.1) is 12.3 Å². The highest BCUT2D eigenvalue weighted by molar-refractivity contribution is 5.91. The first-order valence-electron chi connectivity index (χ1n) is 8.79. The van der Waals surface area contributed by atoms with Crippen LogP contribution in [0.25, 0.3) is 0 Å². The lowest BCUT2D eigenvalue weighted by molar-refractivity contribution is 0.0631. The number of hydrogen-bond donors (Lipinski definition) is 1. The number of piperazine rings is 1. The van der Waals surface area contributed by atoms with Crippen molar-refractivity contribution < 1.29 is 18.7 Å². The average molecular weight is 355 g/mol. The number of hydrogen-bond acceptors (Lipinski definition) is 4. The van der Waals surface area contributed by atoms with E-state index in [1.165, 1.54) is 6.26 Å². The number of benzene rings is 1. The zero-order valence-electron chi connectivity index (χ0n) is 14.4. The molecule has 1 atom stereocenters. The van der Waals surface area contributed by atoms with Crippen molar-refractivity contribution in [3.63, 3.8) is 0 Å². The molecule has 136 valence electrons. The maximum Gasteiger partial charge on any atom is 0.317 e. The maximum atomic E-state index is 12.5. The van der Waals surface area contributed by atoms with Gasteiger partial charge in [0.2, 0.25) is 0 Å². The quantitative estimate of drug-likeness (QED) is 0.891. The van der Waals surface area contributed by atoms with Crippen LogP contribution >= 0.6 is 0 Å². The summed E-state index contributed by atoms with van der Waals surface area (Å²) in [7, 11) is 0. The summed E-state index contributed by atoms with van der Waals surface area (Å²) >= 11 is 0. The minimum atomic E-state index is -0.132. The Morgan fingerprint density at radius 1 is 1.00 bits per heavy atom. The molecule has 1 aromatic carbocycles. The second-order valence-electron chi connectivity index (χ2n) is 6.53. The first-order valence-corrected chi connectivity index (χ1v) is 8.79. The number of nitrogens with one attached hydrogen (secondary N) is 1. The fourth-order valence-corrected chi connectivity index (χ4v) is 3.36. The molecule has 1 aromatic heterocycles. The van der Waals surface area contributed by atoms with Crippen LogP contribution in [0.1, 0.15) is 16.1 Å². The molecular weight excluding hydrogens is 334 g/mol. The van der Waals surface area contributed by atoms with E-state index in [0.717, 1.165) is 17.7 Å². The molecule has 2 aromatic rings. The molecule has 7 heteroatoms. The summed E-state index contributed by atoms with van der Waals surface area (Å²) in [5.74, 6) is 1.09. The second-order valence-corrected chi connectivity index (χ2v) is 6.53. The lowest BCUT2D eigenvalue weighted by Crippen LogP contribution is -2.55. The highest BCUT2D eigenvalue weighted by atomic mass is 16.5. The summed E-state index contributed by atoms with van der Waals surface area (Å²) in [6.45, 7) is 2.47. The van der Waals surface area contributed by atoms with Crippen molar-refractivity contribution in [2.45, 2.75) is 12.5 Å². The van der Waals surface area contributed by atoms with Gasteiger partial charge in [0, 0.05) is 26.2 Å². The Kier molecular flexibility index (Phi) is 4.51. The number of furan rings is 1. The fraction of sp³-hybridized carbons (Fsp3) is 0.368. The number of carbonyl (C=O) groups is 2. The van der Waals surface area contributed by atoms with E-state index in [9.17, 15) is 9.59 Å². The number of fused-ring (bicyclic) bond motifs is 1. The predicted octanol–water partition coefficient (Wildman–Crippen LogP) is 1.75. The van der Waals surface area contributed by atoms with Gasteiger partial charge in [0.25, 0.3) is 5.91 Å². The Hall–Kier alpha value is -2.96. The number of ether oxygens (including phenoxy) is 1. The van der Waals surface area contributed by atoms with Gasteiger partial charge in [-0.2, -0.15) is 0 Å². The summed E-state index contributed by atoms with van der Waals surface area (Å²) < 4.78 is 10.9. The van der Waals surface area contributed by atoms with Gasteiger partial charge in [-0.15, -0.1) is 0 Å². The van der Waals surface area contributed by atoms with Crippen LogP contribution in [0.4, 0.5) is 4.79 Å². The third-order valence-electron chi connectivity index (χ3n) is 4.79. The first-order chi connectivity index (χ1) is 12.7. The molecule has 2 aliphatic rings. The Labute approximate surface area is 151 Å². The van der Waals surface area contributed by atoms with Crippen LogP contribution in [0.2, 0.25) is 0 Å². The van der Waals surface area contributed by atoms with Crippen molar-refractivity contribution in [3.8, 4) is 5.75 Å². The smallest absolute Gasteiger partial charge is 0.317 e. The van der Waals surface area contributed by atoms with E-state index >= 15 is 0 Å². The molecule has 2 aliphatic heterocycles. The van der Waals surface area contributed by atoms with E-state index in [0.29, 0.717) is 38.5 Å². The summed E-state index contributed by atoms with van der Waals surface area (Å²) in [6.07, 6.45) is 2.25. The summed E-state index contributed by atoms with van der Waals surface area (Å²) in [5, 5.41) is 3.04. The molecule has 1 N–H and O–H groups in total. The van der Waals surface area contributed by atoms with Gasteiger partial charge < -0.3 is 24.3 Å². The molecule has 0 aliphatic carbocycles. The van der Waals surface area contributed by atoms with Gasteiger partial charge in [-0.25, -0.2) is 4.79 Å². The van der Waals surface area contributed by atoms with Gasteiger partial charge in [-0.1, -0.05) is 18.2 Å². The third kappa shape index (κ3) is 3.37. The zero-order valence-corrected chi connectivity index (χ0v) is 14.4. The topological polar surface area (TPSA) is 75.0 Å². The molecule has 1 fully saturated rings. The van der Waals surface area contributed by atoms with Gasteiger partial charge in [-0.05, 0) is 30.2 Å². The van der Waals surface area contributed by atoms with Gasteiger partial charge in [-0.3, -0.25) is 4.79 Å². The number of para-hydroxylation sites is 1. The predicted molar refractivity (Wildman–Crippen MR) is 94.1 cm³/mol. The van der Waals surface area contributed by atoms with E-state index in [2.05, 4.69) is 5.32 Å². The maximum absolute atomic E-state index is 12.5. The molecule has 26 heavy (non-hydrogen) atoms. The Bertz CT molecular complexity index is 782. The monoisotopic (exact) mass is 355 g/mol. The van der Waals surface area contributed by atoms with Crippen LogP contribution in [0.5, 0.6) is 5.75 Å². The highest BCUT2D eigenvalue weighted by Crippen LogP contribution is 2.24. The Balaban J connectivity index is 1.28. The molecule has 0 saturated carbocycles. The van der Waals surface area contributed by atoms with Crippen LogP contribution in [-0.2, 0) is 6.42 Å². The minimum Gasteiger partial charge on any atom is -0.491 e. The fourth-order valence-electron chi connectivity index (χ4n) is 3.36. The molecule has 3 amide bonds. The molecule has 1 saturated heterocycles. The largest absolute Gasteiger partial charge is 0.491 e. The van der Waals surface area contributed by atoms with E-state index < -0.39 is 0 Å². The third-order valence-corrected chi connectivity index (χ3v) is 4.79. The van der Waals surface area contributed by atoms with Crippen LogP contribution in [-0.4, -0.2) is 60.6 Å². The molecule has 0 spiro atoms. The molecule has 4 rings (SSSR count). The molecule has 0 unspecified atom stereocenters. The molecule has 7 nitrogen and oxygen atoms in total. The summed E-state index contributed by atoms with van der Waals surface area (Å²) in [4.78, 5) is 28.2. The SMILES string of the molecule is O=C(N[C@@H]1COc2ccccc2C1)N1CCN(C(=O)c2ccco2)CC1. The van der Waals surface area contributed by atoms with Gasteiger partial charge in [0.15, 0.2) is 5.76 Å². The number of amides is 3. The first kappa shape index (κ1) is 16.5. The molecule has 0 bridgehead atoms. The van der Waals surface area contributed by atoms with E-state index in [4.69, 9.17) is 9.15 Å². The van der Waals surface area contributed by atoms with E-state index in [1.54, 1.807) is 21.9 Å². The summed E-state index contributed by atoms with van der Waals surface area (Å²) in [5.41, 5.74) is 1.11. The van der Waals surface area contributed by atoms with Crippen LogP contribution in [0.15, 0.2) is 47.1 Å². The number of carbonyl (C=O) groups excluding carboxylic acids is 2. The van der Waals surface area contributed by atoms with Gasteiger partial charge >= 0.3 is 6.03 Å². The molecule has 3 heterocycles. The van der Waals surface area contributed by atoms with E-state index in [-0.39, 0.29) is 18.0 Å². The van der Waals surface area contributed by atoms with Crippen molar-refractivity contribution in [2.75, 3.05) is 32.8 Å². The normalized spacial score (nSPS) is 19.5. The second kappa shape index (κ2) is 7.11. The van der Waals surface area contributed by atoms with Crippen molar-refractivity contribution in [3.05, 3.63) is 54.0 Å². The van der Waals surface area contributed by atoms with Crippen LogP contribution < -0.4 is 10.1 Å². The Morgan fingerprint density at radius 2 is 1.77 bits per heavy atom. The van der Waals surface area contributed by atoms with Crippen molar-refractivity contribution in [2.24, 2.45) is 0 Å². The van der Waals surface area contributed by atoms with Crippen LogP contribution in [0.3, 0.4) is 0 Å². The lowest BCUT2D eigenvalue weighted by atomic mass is 10.0.